The van der Waals surface area contributed by atoms with Crippen molar-refractivity contribution >= 4 is 17.3 Å². The van der Waals surface area contributed by atoms with Gasteiger partial charge in [-0.25, -0.2) is 0 Å². The lowest BCUT2D eigenvalue weighted by Crippen LogP contribution is -2.55. The van der Waals surface area contributed by atoms with E-state index in [2.05, 4.69) is 4.90 Å². The number of aliphatic hydroxyl groups is 2. The highest BCUT2D eigenvalue weighted by Gasteiger charge is 2.55. The van der Waals surface area contributed by atoms with Gasteiger partial charge in [0, 0.05) is 55.6 Å². The van der Waals surface area contributed by atoms with Gasteiger partial charge in [-0.05, 0) is 19.4 Å². The molecule has 0 spiro atoms. The predicted molar refractivity (Wildman–Crippen MR) is 185 cm³/mol. The summed E-state index contributed by atoms with van der Waals surface area (Å²) in [5.74, 6) is -2.54. The van der Waals surface area contributed by atoms with Crippen LogP contribution in [0.3, 0.4) is 0 Å². The highest BCUT2D eigenvalue weighted by atomic mass is 16.7. The Bertz CT molecular complexity index is 1800. The number of hydrogen-bond acceptors (Lipinski definition) is 14. The average Bonchev–Trinajstić information content (AvgIpc) is 3.52. The summed E-state index contributed by atoms with van der Waals surface area (Å²) in [5.41, 5.74) is -2.38. The Kier molecular flexibility index (Phi) is 10.2. The standard InChI is InChI=1S/C38H48N2O13/c1-7-8-13-40(3,4)53-35-21-16-38(46,25(42)18-41)17-24(51-26-15-22-34(19(2)50-26)52-36-37(48-6)49-14-12-39(22)36)28(21)33(45)29-30(35)31(43)20-10-9-11-23(47-5)27(20)32(29)44/h9-11,19,22,24,26,34,36-37,41,46H,7-8,12-18H2,1-6H3/p+1/t19-,22-,24-,26-,34+,36+,37-,38-/m0/s1. The van der Waals surface area contributed by atoms with Gasteiger partial charge < -0.3 is 48.6 Å². The molecule has 0 saturated carbocycles. The number of ketones is 3. The second-order valence-corrected chi connectivity index (χ2v) is 15.0. The number of aliphatic hydroxyl groups excluding tert-OH is 1. The summed E-state index contributed by atoms with van der Waals surface area (Å²) < 4.78 is 36.0. The van der Waals surface area contributed by atoms with Gasteiger partial charge in [-0.3, -0.25) is 19.3 Å². The van der Waals surface area contributed by atoms with Crippen molar-refractivity contribution in [1.82, 2.24) is 4.90 Å². The number of carbonyl (C=O) groups is 3. The second kappa shape index (κ2) is 14.3. The van der Waals surface area contributed by atoms with E-state index >= 15 is 0 Å². The fourth-order valence-electron chi connectivity index (χ4n) is 8.60. The quantitative estimate of drug-likeness (QED) is 0.192. The maximum atomic E-state index is 14.5. The normalized spacial score (nSPS) is 30.9. The number of phenols is 1. The summed E-state index contributed by atoms with van der Waals surface area (Å²) in [6, 6.07) is 4.50. The van der Waals surface area contributed by atoms with Gasteiger partial charge in [0.2, 0.25) is 11.5 Å². The summed E-state index contributed by atoms with van der Waals surface area (Å²) in [4.78, 5) is 51.1. The number of phenolic OH excluding ortho intramolecular Hbond substituents is 1. The Labute approximate surface area is 307 Å². The van der Waals surface area contributed by atoms with E-state index in [4.69, 9.17) is 33.3 Å². The Balaban J connectivity index is 1.37. The lowest BCUT2D eigenvalue weighted by Gasteiger charge is -2.43. The minimum absolute atomic E-state index is 0.000170. The van der Waals surface area contributed by atoms with Crippen LogP contribution < -0.4 is 9.57 Å². The number of ether oxygens (including phenoxy) is 6. The summed E-state index contributed by atoms with van der Waals surface area (Å²) in [5, 5.41) is 34.3. The first kappa shape index (κ1) is 37.8. The third kappa shape index (κ3) is 6.35. The van der Waals surface area contributed by atoms with Crippen molar-refractivity contribution in [2.45, 2.75) is 94.7 Å². The number of carbonyl (C=O) groups excluding carboxylic acids is 3. The molecule has 15 nitrogen and oxygen atoms in total. The third-order valence-electron chi connectivity index (χ3n) is 11.2. The molecule has 288 valence electrons. The number of aromatic hydroxyl groups is 1. The molecule has 2 aromatic rings. The SMILES string of the molecule is CCCC[N+](C)(C)Oc1c2c(c(O)c3c1C(=O)c1cccc(OC)c1C3=O)[C@@H](O[C@H]1C[C@H]3[C@H](O[C@@H]4[C@@H](OC)OCCN43)[C@H](C)O1)C[C@](O)(C(=O)CO)C2. The molecule has 7 rings (SSSR count). The lowest BCUT2D eigenvalue weighted by molar-refractivity contribution is -1.05. The minimum atomic E-state index is -2.19. The van der Waals surface area contributed by atoms with E-state index < -0.39 is 72.7 Å². The predicted octanol–water partition coefficient (Wildman–Crippen LogP) is 2.18. The first-order chi connectivity index (χ1) is 25.3. The van der Waals surface area contributed by atoms with Crippen molar-refractivity contribution in [2.75, 3.05) is 54.6 Å². The Morgan fingerprint density at radius 3 is 2.58 bits per heavy atom. The molecule has 0 bridgehead atoms. The summed E-state index contributed by atoms with van der Waals surface area (Å²) in [6.07, 6.45) is -2.87. The number of hydrogen-bond donors (Lipinski definition) is 3. The number of methoxy groups -OCH3 is 2. The monoisotopic (exact) mass is 741 g/mol. The fourth-order valence-corrected chi connectivity index (χ4v) is 8.60. The number of nitrogens with zero attached hydrogens (tertiary/aromatic N) is 2. The minimum Gasteiger partial charge on any atom is -0.507 e. The lowest BCUT2D eigenvalue weighted by atomic mass is 9.72. The number of rotatable bonds is 11. The van der Waals surface area contributed by atoms with Crippen molar-refractivity contribution < 1.29 is 67.6 Å². The molecule has 0 unspecified atom stereocenters. The number of quaternary nitrogens is 1. The van der Waals surface area contributed by atoms with Crippen LogP contribution in [0, 0.1) is 0 Å². The maximum absolute atomic E-state index is 14.5. The van der Waals surface area contributed by atoms with Crippen LogP contribution in [0.15, 0.2) is 18.2 Å². The zero-order chi connectivity index (χ0) is 38.0. The van der Waals surface area contributed by atoms with Gasteiger partial charge in [0.25, 0.3) is 0 Å². The summed E-state index contributed by atoms with van der Waals surface area (Å²) in [7, 11) is 6.53. The number of fused-ring (bicyclic) bond motifs is 6. The first-order valence-electron chi connectivity index (χ1n) is 18.2. The molecule has 53 heavy (non-hydrogen) atoms. The molecule has 2 aromatic carbocycles. The number of hydroxylamine groups is 3. The molecule has 2 aliphatic carbocycles. The maximum Gasteiger partial charge on any atom is 0.206 e. The molecular formula is C38H49N2O13+. The average molecular weight is 742 g/mol. The molecule has 3 aliphatic heterocycles. The molecule has 3 fully saturated rings. The number of morpholine rings is 1. The number of benzene rings is 2. The van der Waals surface area contributed by atoms with Crippen LogP contribution >= 0.6 is 0 Å². The molecule has 8 atom stereocenters. The second-order valence-electron chi connectivity index (χ2n) is 15.0. The Morgan fingerprint density at radius 1 is 1.11 bits per heavy atom. The molecule has 3 heterocycles. The molecule has 5 aliphatic rings. The molecule has 0 radical (unpaired) electrons. The van der Waals surface area contributed by atoms with Crippen LogP contribution in [0.5, 0.6) is 17.2 Å². The Morgan fingerprint density at radius 2 is 1.89 bits per heavy atom. The smallest absolute Gasteiger partial charge is 0.206 e. The number of unbranched alkanes of at least 4 members (excludes halogenated alkanes) is 1. The number of Topliss-reactive ketones (excluding diaryl/α,β-unsaturated/α-hetero) is 1. The highest BCUT2D eigenvalue weighted by molar-refractivity contribution is 6.31. The fraction of sp³-hybridized carbons (Fsp3) is 0.605. The van der Waals surface area contributed by atoms with Crippen molar-refractivity contribution in [2.24, 2.45) is 0 Å². The van der Waals surface area contributed by atoms with Crippen molar-refractivity contribution in [3.8, 4) is 17.2 Å². The highest BCUT2D eigenvalue weighted by Crippen LogP contribution is 2.53. The van der Waals surface area contributed by atoms with Crippen LogP contribution in [0.4, 0.5) is 0 Å². The van der Waals surface area contributed by atoms with Gasteiger partial charge in [-0.15, -0.1) is 4.65 Å². The largest absolute Gasteiger partial charge is 0.507 e. The van der Waals surface area contributed by atoms with E-state index in [0.29, 0.717) is 26.1 Å². The van der Waals surface area contributed by atoms with Gasteiger partial charge in [0.1, 0.15) is 50.5 Å². The van der Waals surface area contributed by atoms with Gasteiger partial charge in [-0.2, -0.15) is 0 Å². The molecule has 0 aromatic heterocycles. The van der Waals surface area contributed by atoms with Crippen molar-refractivity contribution in [3.05, 3.63) is 51.6 Å². The topological polar surface area (TPSA) is 180 Å². The van der Waals surface area contributed by atoms with Gasteiger partial charge in [0.05, 0.1) is 42.6 Å². The van der Waals surface area contributed by atoms with E-state index in [-0.39, 0.29) is 68.1 Å². The van der Waals surface area contributed by atoms with Gasteiger partial charge >= 0.3 is 0 Å². The molecular weight excluding hydrogens is 692 g/mol. The molecule has 15 heteroatoms. The van der Waals surface area contributed by atoms with E-state index in [1.165, 1.54) is 13.2 Å². The van der Waals surface area contributed by atoms with E-state index in [1.807, 2.05) is 13.8 Å². The molecule has 0 amide bonds. The van der Waals surface area contributed by atoms with Crippen LogP contribution in [0.25, 0.3) is 0 Å². The van der Waals surface area contributed by atoms with E-state index in [0.717, 1.165) is 12.8 Å². The van der Waals surface area contributed by atoms with E-state index in [9.17, 15) is 29.7 Å². The van der Waals surface area contributed by atoms with E-state index in [1.54, 1.807) is 33.3 Å². The Hall–Kier alpha value is -3.51. The van der Waals surface area contributed by atoms with Crippen LogP contribution in [-0.4, -0.2) is 139 Å². The van der Waals surface area contributed by atoms with Crippen molar-refractivity contribution in [3.63, 3.8) is 0 Å². The molecule has 3 N–H and O–H groups in total. The molecule has 3 saturated heterocycles. The first-order valence-corrected chi connectivity index (χ1v) is 18.2. The summed E-state index contributed by atoms with van der Waals surface area (Å²) >= 11 is 0. The zero-order valence-corrected chi connectivity index (χ0v) is 31.0. The van der Waals surface area contributed by atoms with Gasteiger partial charge in [-0.1, -0.05) is 25.5 Å². The van der Waals surface area contributed by atoms with Crippen LogP contribution in [-0.2, 0) is 34.9 Å². The zero-order valence-electron chi connectivity index (χ0n) is 31.0. The third-order valence-corrected chi connectivity index (χ3v) is 11.2. The van der Waals surface area contributed by atoms with Gasteiger partial charge in [0.15, 0.2) is 30.4 Å². The van der Waals surface area contributed by atoms with Crippen LogP contribution in [0.2, 0.25) is 0 Å². The van der Waals surface area contributed by atoms with Crippen molar-refractivity contribution in [1.29, 1.82) is 0 Å². The summed E-state index contributed by atoms with van der Waals surface area (Å²) in [6.45, 7) is 4.46. The van der Waals surface area contributed by atoms with Crippen LogP contribution in [0.1, 0.15) is 88.6 Å².